The molecule has 0 atom stereocenters. The average molecular weight is 299 g/mol. The molecule has 0 heterocycles. The van der Waals surface area contributed by atoms with Gasteiger partial charge in [-0.2, -0.15) is 0 Å². The van der Waals surface area contributed by atoms with Gasteiger partial charge in [0, 0.05) is 17.6 Å². The van der Waals surface area contributed by atoms with E-state index in [1.165, 1.54) is 0 Å². The zero-order valence-corrected chi connectivity index (χ0v) is 11.7. The van der Waals surface area contributed by atoms with Crippen molar-refractivity contribution in [1.29, 1.82) is 0 Å². The van der Waals surface area contributed by atoms with Gasteiger partial charge in [-0.3, -0.25) is 0 Å². The molecular weight excluding hydrogens is 280 g/mol. The van der Waals surface area contributed by atoms with Crippen LogP contribution < -0.4 is 11.1 Å². The minimum absolute atomic E-state index is 0.440. The van der Waals surface area contributed by atoms with Crippen molar-refractivity contribution < 1.29 is 4.74 Å². The first-order valence-corrected chi connectivity index (χ1v) is 6.82. The number of hydrogen-bond acceptors (Lipinski definition) is 3. The van der Waals surface area contributed by atoms with Gasteiger partial charge in [0.05, 0.1) is 17.5 Å². The first-order valence-electron chi connectivity index (χ1n) is 6.03. The van der Waals surface area contributed by atoms with Crippen molar-refractivity contribution in [3.63, 3.8) is 0 Å². The number of nitrogens with two attached hydrogens (primary N) is 1. The third-order valence-electron chi connectivity index (χ3n) is 3.38. The van der Waals surface area contributed by atoms with E-state index in [1.54, 1.807) is 7.11 Å². The van der Waals surface area contributed by atoms with E-state index in [1.807, 2.05) is 18.2 Å². The molecule has 1 aliphatic rings. The maximum Gasteiger partial charge on any atom is 0.0576 e. The zero-order chi connectivity index (χ0) is 12.3. The molecule has 0 aliphatic heterocycles. The molecule has 0 bridgehead atoms. The first kappa shape index (κ1) is 12.7. The number of ether oxygens (including phenoxy) is 1. The standard InChI is InChI=1S/C13H19BrN2O/c1-17-11-5-3-10(4-6-11)16-13-7-2-9(14)8-12(13)15/h2,7-8,10-11,16H,3-6,15H2,1H3/t10-,11-. The van der Waals surface area contributed by atoms with Gasteiger partial charge in [0.2, 0.25) is 0 Å². The topological polar surface area (TPSA) is 47.3 Å². The molecular formula is C13H19BrN2O. The summed E-state index contributed by atoms with van der Waals surface area (Å²) < 4.78 is 6.39. The number of halogens is 1. The fourth-order valence-corrected chi connectivity index (χ4v) is 2.71. The number of rotatable bonds is 3. The summed E-state index contributed by atoms with van der Waals surface area (Å²) in [7, 11) is 1.80. The largest absolute Gasteiger partial charge is 0.397 e. The van der Waals surface area contributed by atoms with E-state index in [0.717, 1.165) is 41.5 Å². The SMILES string of the molecule is CO[C@H]1CC[C@H](Nc2ccc(Br)cc2N)CC1. The molecule has 0 radical (unpaired) electrons. The minimum Gasteiger partial charge on any atom is -0.397 e. The summed E-state index contributed by atoms with van der Waals surface area (Å²) in [5.41, 5.74) is 7.81. The van der Waals surface area contributed by atoms with Crippen LogP contribution in [0.3, 0.4) is 0 Å². The summed E-state index contributed by atoms with van der Waals surface area (Å²) in [6, 6.07) is 6.50. The third-order valence-corrected chi connectivity index (χ3v) is 3.87. The molecule has 0 spiro atoms. The molecule has 1 fully saturated rings. The van der Waals surface area contributed by atoms with E-state index in [0.29, 0.717) is 12.1 Å². The molecule has 3 nitrogen and oxygen atoms in total. The molecule has 0 unspecified atom stereocenters. The predicted octanol–water partition coefficient (Wildman–Crippen LogP) is 3.40. The Morgan fingerprint density at radius 3 is 2.59 bits per heavy atom. The Bertz CT molecular complexity index is 376. The predicted molar refractivity (Wildman–Crippen MR) is 75.2 cm³/mol. The van der Waals surface area contributed by atoms with E-state index < -0.39 is 0 Å². The highest BCUT2D eigenvalue weighted by Gasteiger charge is 2.20. The van der Waals surface area contributed by atoms with E-state index in [4.69, 9.17) is 10.5 Å². The summed E-state index contributed by atoms with van der Waals surface area (Å²) >= 11 is 3.41. The Labute approximate surface area is 111 Å². The highest BCUT2D eigenvalue weighted by Crippen LogP contribution is 2.28. The van der Waals surface area contributed by atoms with E-state index >= 15 is 0 Å². The molecule has 4 heteroatoms. The van der Waals surface area contributed by atoms with E-state index in [9.17, 15) is 0 Å². The molecule has 94 valence electrons. The third kappa shape index (κ3) is 3.36. The molecule has 17 heavy (non-hydrogen) atoms. The van der Waals surface area contributed by atoms with Crippen molar-refractivity contribution in [3.05, 3.63) is 22.7 Å². The van der Waals surface area contributed by atoms with Crippen molar-refractivity contribution in [2.45, 2.75) is 37.8 Å². The van der Waals surface area contributed by atoms with Gasteiger partial charge in [0.1, 0.15) is 0 Å². The van der Waals surface area contributed by atoms with Gasteiger partial charge in [-0.1, -0.05) is 15.9 Å². The smallest absolute Gasteiger partial charge is 0.0576 e. The van der Waals surface area contributed by atoms with Crippen LogP contribution in [-0.4, -0.2) is 19.3 Å². The summed E-state index contributed by atoms with van der Waals surface area (Å²) in [5.74, 6) is 0. The summed E-state index contributed by atoms with van der Waals surface area (Å²) in [5, 5.41) is 3.52. The van der Waals surface area contributed by atoms with Gasteiger partial charge in [0.25, 0.3) is 0 Å². The molecule has 1 saturated carbocycles. The first-order chi connectivity index (χ1) is 8.19. The fourth-order valence-electron chi connectivity index (χ4n) is 2.33. The van der Waals surface area contributed by atoms with Gasteiger partial charge in [0.15, 0.2) is 0 Å². The van der Waals surface area contributed by atoms with Crippen LogP contribution in [0.4, 0.5) is 11.4 Å². The average Bonchev–Trinajstić information content (AvgIpc) is 2.34. The Morgan fingerprint density at radius 2 is 2.00 bits per heavy atom. The van der Waals surface area contributed by atoms with Crippen molar-refractivity contribution in [3.8, 4) is 0 Å². The number of methoxy groups -OCH3 is 1. The van der Waals surface area contributed by atoms with Gasteiger partial charge in [-0.15, -0.1) is 0 Å². The maximum absolute atomic E-state index is 5.97. The molecule has 0 amide bonds. The number of benzene rings is 1. The number of anilines is 2. The molecule has 2 rings (SSSR count). The van der Waals surface area contributed by atoms with Crippen molar-refractivity contribution in [2.24, 2.45) is 0 Å². The number of hydrogen-bond donors (Lipinski definition) is 2. The second-order valence-corrected chi connectivity index (χ2v) is 5.50. The van der Waals surface area contributed by atoms with Gasteiger partial charge >= 0.3 is 0 Å². The summed E-state index contributed by atoms with van der Waals surface area (Å²) in [6.45, 7) is 0. The van der Waals surface area contributed by atoms with Crippen LogP contribution in [0.1, 0.15) is 25.7 Å². The lowest BCUT2D eigenvalue weighted by atomic mass is 9.93. The van der Waals surface area contributed by atoms with Gasteiger partial charge in [-0.05, 0) is 43.9 Å². The fraction of sp³-hybridized carbons (Fsp3) is 0.538. The van der Waals surface area contributed by atoms with Crippen molar-refractivity contribution >= 4 is 27.3 Å². The Hall–Kier alpha value is -0.740. The van der Waals surface area contributed by atoms with Gasteiger partial charge < -0.3 is 15.8 Å². The second-order valence-electron chi connectivity index (χ2n) is 4.59. The molecule has 1 aliphatic carbocycles. The molecule has 0 saturated heterocycles. The van der Waals surface area contributed by atoms with Crippen LogP contribution >= 0.6 is 15.9 Å². The minimum atomic E-state index is 0.440. The maximum atomic E-state index is 5.97. The number of nitrogen functional groups attached to an aromatic ring is 1. The zero-order valence-electron chi connectivity index (χ0n) is 10.1. The van der Waals surface area contributed by atoms with Gasteiger partial charge in [-0.25, -0.2) is 0 Å². The van der Waals surface area contributed by atoms with Crippen LogP contribution in [0.25, 0.3) is 0 Å². The van der Waals surface area contributed by atoms with E-state index in [2.05, 4.69) is 21.2 Å². The Balaban J connectivity index is 1.93. The van der Waals surface area contributed by atoms with Crippen LogP contribution in [0, 0.1) is 0 Å². The number of nitrogens with one attached hydrogen (secondary N) is 1. The molecule has 1 aromatic rings. The lowest BCUT2D eigenvalue weighted by Gasteiger charge is -2.29. The van der Waals surface area contributed by atoms with Crippen LogP contribution in [0.2, 0.25) is 0 Å². The van der Waals surface area contributed by atoms with Crippen molar-refractivity contribution in [2.75, 3.05) is 18.2 Å². The summed E-state index contributed by atoms with van der Waals surface area (Å²) in [4.78, 5) is 0. The van der Waals surface area contributed by atoms with Crippen LogP contribution in [0.15, 0.2) is 22.7 Å². The summed E-state index contributed by atoms with van der Waals surface area (Å²) in [6.07, 6.45) is 4.99. The highest BCUT2D eigenvalue weighted by molar-refractivity contribution is 9.10. The van der Waals surface area contributed by atoms with Crippen LogP contribution in [0.5, 0.6) is 0 Å². The normalized spacial score (nSPS) is 24.6. The molecule has 3 N–H and O–H groups in total. The molecule has 0 aromatic heterocycles. The van der Waals surface area contributed by atoms with E-state index in [-0.39, 0.29) is 0 Å². The Kier molecular flexibility index (Phi) is 4.29. The Morgan fingerprint density at radius 1 is 1.29 bits per heavy atom. The van der Waals surface area contributed by atoms with Crippen LogP contribution in [-0.2, 0) is 4.74 Å². The quantitative estimate of drug-likeness (QED) is 0.841. The van der Waals surface area contributed by atoms with Crippen molar-refractivity contribution in [1.82, 2.24) is 0 Å². The highest BCUT2D eigenvalue weighted by atomic mass is 79.9. The monoisotopic (exact) mass is 298 g/mol. The second kappa shape index (κ2) is 5.74. The lowest BCUT2D eigenvalue weighted by molar-refractivity contribution is 0.0682. The molecule has 1 aromatic carbocycles. The lowest BCUT2D eigenvalue weighted by Crippen LogP contribution is -2.29.